The van der Waals surface area contributed by atoms with Gasteiger partial charge in [0.05, 0.1) is 23.8 Å². The van der Waals surface area contributed by atoms with Crippen LogP contribution in [0.3, 0.4) is 0 Å². The van der Waals surface area contributed by atoms with Crippen molar-refractivity contribution in [3.05, 3.63) is 49.1 Å². The molecule has 30 heavy (non-hydrogen) atoms. The highest BCUT2D eigenvalue weighted by Gasteiger charge is 2.35. The number of fused-ring (bicyclic) bond motifs is 1. The van der Waals surface area contributed by atoms with Crippen molar-refractivity contribution in [1.29, 1.82) is 0 Å². The molecule has 0 bridgehead atoms. The monoisotopic (exact) mass is 416 g/mol. The minimum Gasteiger partial charge on any atom is -0.382 e. The van der Waals surface area contributed by atoms with Crippen molar-refractivity contribution in [3.8, 4) is 0 Å². The molecule has 0 radical (unpaired) electrons. The lowest BCUT2D eigenvalue weighted by Crippen LogP contribution is -2.36. The molecule has 0 amide bonds. The number of hydrogen-bond donors (Lipinski definition) is 3. The maximum Gasteiger partial charge on any atom is 0.417 e. The van der Waals surface area contributed by atoms with Crippen LogP contribution in [0.1, 0.15) is 18.5 Å². The second kappa shape index (κ2) is 7.98. The van der Waals surface area contributed by atoms with E-state index < -0.39 is 11.7 Å². The fraction of sp³-hybridized carbons (Fsp3) is 0.333. The van der Waals surface area contributed by atoms with Gasteiger partial charge in [-0.05, 0) is 45.1 Å². The maximum absolute atomic E-state index is 13.5. The Hall–Kier alpha value is -3.07. The number of anilines is 3. The molecule has 0 atom stereocenters. The fourth-order valence-electron chi connectivity index (χ4n) is 3.67. The van der Waals surface area contributed by atoms with Crippen LogP contribution in [0.25, 0.3) is 16.3 Å². The lowest BCUT2D eigenvalue weighted by Gasteiger charge is -2.30. The quantitative estimate of drug-likeness (QED) is 0.558. The molecule has 1 aliphatic rings. The largest absolute Gasteiger partial charge is 0.417 e. The maximum atomic E-state index is 13.5. The first-order chi connectivity index (χ1) is 14.3. The topological polar surface area (TPSA) is 68.9 Å². The minimum atomic E-state index is -4.58. The Labute approximate surface area is 172 Å². The number of aromatic amines is 1. The third kappa shape index (κ3) is 4.25. The predicted octanol–water partition coefficient (Wildman–Crippen LogP) is 4.78. The van der Waals surface area contributed by atoms with E-state index in [2.05, 4.69) is 44.1 Å². The molecule has 4 rings (SSSR count). The van der Waals surface area contributed by atoms with Crippen LogP contribution in [0.15, 0.2) is 43.4 Å². The van der Waals surface area contributed by atoms with E-state index in [1.807, 2.05) is 6.07 Å². The van der Waals surface area contributed by atoms with Crippen molar-refractivity contribution < 1.29 is 13.2 Å². The van der Waals surface area contributed by atoms with Gasteiger partial charge in [-0.1, -0.05) is 18.7 Å². The van der Waals surface area contributed by atoms with Gasteiger partial charge in [-0.3, -0.25) is 0 Å². The number of halogens is 3. The lowest BCUT2D eigenvalue weighted by atomic mass is 10.0. The van der Waals surface area contributed by atoms with Gasteiger partial charge in [0, 0.05) is 22.5 Å². The SMILES string of the molecule is C=C(c1nc(Nc2cnc[nH]2)cc2c(NC3CCN(C)CC3)cccc12)C(F)(F)F. The van der Waals surface area contributed by atoms with Gasteiger partial charge in [0.2, 0.25) is 0 Å². The number of likely N-dealkylation sites (tertiary alicyclic amines) is 1. The molecule has 0 unspecified atom stereocenters. The summed E-state index contributed by atoms with van der Waals surface area (Å²) in [6.45, 7) is 5.23. The Bertz CT molecular complexity index is 1040. The zero-order valence-electron chi connectivity index (χ0n) is 16.6. The van der Waals surface area contributed by atoms with Gasteiger partial charge in [0.25, 0.3) is 0 Å². The van der Waals surface area contributed by atoms with Crippen molar-refractivity contribution in [1.82, 2.24) is 19.9 Å². The Morgan fingerprint density at radius 2 is 2.00 bits per heavy atom. The molecular weight excluding hydrogens is 393 g/mol. The van der Waals surface area contributed by atoms with E-state index in [9.17, 15) is 13.2 Å². The number of benzene rings is 1. The van der Waals surface area contributed by atoms with Crippen molar-refractivity contribution >= 4 is 33.7 Å². The zero-order chi connectivity index (χ0) is 21.3. The molecule has 3 N–H and O–H groups in total. The van der Waals surface area contributed by atoms with Gasteiger partial charge in [0.15, 0.2) is 0 Å². The number of nitrogens with one attached hydrogen (secondary N) is 3. The zero-order valence-corrected chi connectivity index (χ0v) is 16.6. The van der Waals surface area contributed by atoms with Crippen molar-refractivity contribution in [2.24, 2.45) is 0 Å². The van der Waals surface area contributed by atoms with Gasteiger partial charge in [-0.25, -0.2) is 9.97 Å². The summed E-state index contributed by atoms with van der Waals surface area (Å²) in [7, 11) is 2.09. The standard InChI is InChI=1S/C21H23F3N6/c1-13(21(22,23)24)20-15-4-3-5-17(27-14-6-8-30(2)9-7-14)16(15)10-18(29-20)28-19-11-25-12-26-19/h3-5,10-12,14,27H,1,6-9H2,2H3,(H,25,26)(H,28,29). The normalized spacial score (nSPS) is 16.0. The molecule has 3 aromatic rings. The molecule has 1 aromatic carbocycles. The molecule has 2 aromatic heterocycles. The van der Waals surface area contributed by atoms with E-state index in [0.717, 1.165) is 31.6 Å². The fourth-order valence-corrected chi connectivity index (χ4v) is 3.67. The molecule has 1 saturated heterocycles. The second-order valence-corrected chi connectivity index (χ2v) is 7.55. The van der Waals surface area contributed by atoms with Gasteiger partial charge in [-0.2, -0.15) is 13.2 Å². The van der Waals surface area contributed by atoms with Crippen LogP contribution >= 0.6 is 0 Å². The average Bonchev–Trinajstić information content (AvgIpc) is 3.21. The second-order valence-electron chi connectivity index (χ2n) is 7.55. The highest BCUT2D eigenvalue weighted by atomic mass is 19.4. The van der Waals surface area contributed by atoms with E-state index in [-0.39, 0.29) is 17.6 Å². The summed E-state index contributed by atoms with van der Waals surface area (Å²) in [5.74, 6) is 0.816. The van der Waals surface area contributed by atoms with Crippen LogP contribution in [-0.2, 0) is 0 Å². The van der Waals surface area contributed by atoms with E-state index in [1.54, 1.807) is 18.2 Å². The third-order valence-corrected chi connectivity index (χ3v) is 5.34. The lowest BCUT2D eigenvalue weighted by molar-refractivity contribution is -0.0688. The van der Waals surface area contributed by atoms with Crippen LogP contribution in [0.2, 0.25) is 0 Å². The number of nitrogens with zero attached hydrogens (tertiary/aromatic N) is 3. The molecule has 0 aliphatic carbocycles. The summed E-state index contributed by atoms with van der Waals surface area (Å²) in [4.78, 5) is 13.3. The molecule has 6 nitrogen and oxygen atoms in total. The Morgan fingerprint density at radius 1 is 1.23 bits per heavy atom. The number of alkyl halides is 3. The van der Waals surface area contributed by atoms with Crippen LogP contribution in [0, 0.1) is 0 Å². The first kappa shape index (κ1) is 20.2. The third-order valence-electron chi connectivity index (χ3n) is 5.34. The highest BCUT2D eigenvalue weighted by Crippen LogP contribution is 2.38. The van der Waals surface area contributed by atoms with E-state index in [0.29, 0.717) is 16.6 Å². The van der Waals surface area contributed by atoms with Gasteiger partial charge >= 0.3 is 6.18 Å². The van der Waals surface area contributed by atoms with Crippen LogP contribution < -0.4 is 10.6 Å². The van der Waals surface area contributed by atoms with E-state index >= 15 is 0 Å². The highest BCUT2D eigenvalue weighted by molar-refractivity contribution is 6.01. The minimum absolute atomic E-state index is 0.186. The molecule has 1 fully saturated rings. The van der Waals surface area contributed by atoms with Gasteiger partial charge in [-0.15, -0.1) is 0 Å². The number of H-pyrrole nitrogens is 1. The van der Waals surface area contributed by atoms with Crippen molar-refractivity contribution in [2.75, 3.05) is 30.8 Å². The van der Waals surface area contributed by atoms with Crippen molar-refractivity contribution in [3.63, 3.8) is 0 Å². The Kier molecular flexibility index (Phi) is 5.38. The summed E-state index contributed by atoms with van der Waals surface area (Å²) < 4.78 is 40.5. The van der Waals surface area contributed by atoms with Gasteiger partial charge < -0.3 is 20.5 Å². The number of imidazole rings is 1. The average molecular weight is 416 g/mol. The summed E-state index contributed by atoms with van der Waals surface area (Å²) >= 11 is 0. The van der Waals surface area contributed by atoms with Crippen LogP contribution in [0.4, 0.5) is 30.5 Å². The number of aromatic nitrogens is 3. The summed E-state index contributed by atoms with van der Waals surface area (Å²) in [5.41, 5.74) is -0.375. The predicted molar refractivity (Wildman–Crippen MR) is 113 cm³/mol. The molecule has 9 heteroatoms. The summed E-state index contributed by atoms with van der Waals surface area (Å²) in [6.07, 6.45) is 0.376. The molecule has 158 valence electrons. The molecule has 0 spiro atoms. The molecule has 3 heterocycles. The van der Waals surface area contributed by atoms with E-state index in [1.165, 1.54) is 12.5 Å². The first-order valence-corrected chi connectivity index (χ1v) is 9.72. The smallest absolute Gasteiger partial charge is 0.382 e. The Balaban J connectivity index is 1.78. The van der Waals surface area contributed by atoms with Crippen LogP contribution in [0.5, 0.6) is 0 Å². The number of rotatable bonds is 5. The molecule has 0 saturated carbocycles. The first-order valence-electron chi connectivity index (χ1n) is 9.72. The number of pyridine rings is 1. The Morgan fingerprint density at radius 3 is 2.67 bits per heavy atom. The van der Waals surface area contributed by atoms with E-state index in [4.69, 9.17) is 0 Å². The van der Waals surface area contributed by atoms with Gasteiger partial charge in [0.1, 0.15) is 11.6 Å². The number of allylic oxidation sites excluding steroid dienone is 1. The number of hydrogen-bond acceptors (Lipinski definition) is 5. The molecular formula is C21H23F3N6. The number of piperidine rings is 1. The molecule has 1 aliphatic heterocycles. The van der Waals surface area contributed by atoms with Crippen molar-refractivity contribution in [2.45, 2.75) is 25.1 Å². The summed E-state index contributed by atoms with van der Waals surface area (Å²) in [6, 6.07) is 7.30. The summed E-state index contributed by atoms with van der Waals surface area (Å²) in [5, 5.41) is 7.58. The van der Waals surface area contributed by atoms with Crippen LogP contribution in [-0.4, -0.2) is 52.2 Å².